The van der Waals surface area contributed by atoms with E-state index in [1.807, 2.05) is 6.92 Å². The van der Waals surface area contributed by atoms with Gasteiger partial charge in [0.25, 0.3) is 0 Å². The van der Waals surface area contributed by atoms with Crippen LogP contribution in [0.5, 0.6) is 5.75 Å². The summed E-state index contributed by atoms with van der Waals surface area (Å²) in [5.74, 6) is 0.643. The van der Waals surface area contributed by atoms with E-state index in [-0.39, 0.29) is 13.1 Å². The molecule has 0 atom stereocenters. The van der Waals surface area contributed by atoms with E-state index in [1.54, 1.807) is 24.3 Å². The van der Waals surface area contributed by atoms with Crippen molar-refractivity contribution < 1.29 is 21.6 Å². The first-order valence-electron chi connectivity index (χ1n) is 6.28. The standard InChI is InChI=1S/C12H20N2O5S2/c1-4-19-12-7-5-11(6-8-12)14(21(3,17)18)10-9-13-20(2,15)16/h5-8,13H,4,9-10H2,1-3H3. The van der Waals surface area contributed by atoms with Crippen molar-refractivity contribution in [2.45, 2.75) is 6.92 Å². The van der Waals surface area contributed by atoms with E-state index in [9.17, 15) is 16.8 Å². The summed E-state index contributed by atoms with van der Waals surface area (Å²) in [6, 6.07) is 6.57. The first-order valence-corrected chi connectivity index (χ1v) is 10.0. The van der Waals surface area contributed by atoms with Crippen LogP contribution in [0.4, 0.5) is 5.69 Å². The maximum atomic E-state index is 11.8. The molecule has 0 aliphatic carbocycles. The lowest BCUT2D eigenvalue weighted by Crippen LogP contribution is -2.37. The van der Waals surface area contributed by atoms with Crippen molar-refractivity contribution >= 4 is 25.7 Å². The fourth-order valence-corrected chi connectivity index (χ4v) is 3.08. The monoisotopic (exact) mass is 336 g/mol. The molecule has 9 heteroatoms. The molecule has 0 heterocycles. The third kappa shape index (κ3) is 6.32. The lowest BCUT2D eigenvalue weighted by atomic mass is 10.3. The number of benzene rings is 1. The van der Waals surface area contributed by atoms with Gasteiger partial charge < -0.3 is 4.74 Å². The van der Waals surface area contributed by atoms with Gasteiger partial charge in [0, 0.05) is 13.1 Å². The first-order chi connectivity index (χ1) is 9.63. The molecule has 0 saturated heterocycles. The molecule has 0 aliphatic rings. The molecular weight excluding hydrogens is 316 g/mol. The second-order valence-electron chi connectivity index (χ2n) is 4.43. The van der Waals surface area contributed by atoms with E-state index >= 15 is 0 Å². The van der Waals surface area contributed by atoms with Crippen LogP contribution in [0.25, 0.3) is 0 Å². The van der Waals surface area contributed by atoms with Crippen LogP contribution in [0, 0.1) is 0 Å². The fourth-order valence-electron chi connectivity index (χ4n) is 1.69. The number of ether oxygens (including phenoxy) is 1. The Morgan fingerprint density at radius 3 is 2.10 bits per heavy atom. The van der Waals surface area contributed by atoms with Gasteiger partial charge in [-0.05, 0) is 31.2 Å². The number of anilines is 1. The zero-order valence-electron chi connectivity index (χ0n) is 12.2. The van der Waals surface area contributed by atoms with Crippen molar-refractivity contribution in [1.82, 2.24) is 4.72 Å². The molecule has 7 nitrogen and oxygen atoms in total. The Morgan fingerprint density at radius 1 is 1.10 bits per heavy atom. The minimum absolute atomic E-state index is 0.000878. The van der Waals surface area contributed by atoms with Crippen LogP contribution in [0.2, 0.25) is 0 Å². The Bertz CT molecular complexity index is 653. The van der Waals surface area contributed by atoms with Crippen molar-refractivity contribution in [2.24, 2.45) is 0 Å². The molecule has 0 aromatic heterocycles. The van der Waals surface area contributed by atoms with Crippen molar-refractivity contribution in [1.29, 1.82) is 0 Å². The van der Waals surface area contributed by atoms with Gasteiger partial charge in [-0.25, -0.2) is 21.6 Å². The summed E-state index contributed by atoms with van der Waals surface area (Å²) in [5.41, 5.74) is 0.455. The lowest BCUT2D eigenvalue weighted by Gasteiger charge is -2.22. The summed E-state index contributed by atoms with van der Waals surface area (Å²) >= 11 is 0. The molecule has 1 N–H and O–H groups in total. The van der Waals surface area contributed by atoms with Crippen molar-refractivity contribution in [3.8, 4) is 5.75 Å². The Morgan fingerprint density at radius 2 is 1.67 bits per heavy atom. The second kappa shape index (κ2) is 7.10. The number of nitrogens with zero attached hydrogens (tertiary/aromatic N) is 1. The Kier molecular flexibility index (Phi) is 5.99. The van der Waals surface area contributed by atoms with Gasteiger partial charge in [-0.3, -0.25) is 4.31 Å². The smallest absolute Gasteiger partial charge is 0.232 e. The zero-order valence-corrected chi connectivity index (χ0v) is 13.9. The Balaban J connectivity index is 2.88. The molecule has 120 valence electrons. The third-order valence-corrected chi connectivity index (χ3v) is 4.44. The van der Waals surface area contributed by atoms with Crippen LogP contribution in [-0.2, 0) is 20.0 Å². The molecule has 0 amide bonds. The van der Waals surface area contributed by atoms with Gasteiger partial charge in [-0.2, -0.15) is 0 Å². The minimum Gasteiger partial charge on any atom is -0.494 e. The van der Waals surface area contributed by atoms with Gasteiger partial charge >= 0.3 is 0 Å². The summed E-state index contributed by atoms with van der Waals surface area (Å²) in [7, 11) is -6.86. The molecule has 1 aromatic rings. The van der Waals surface area contributed by atoms with E-state index in [1.165, 1.54) is 0 Å². The summed E-state index contributed by atoms with van der Waals surface area (Å²) < 4.78 is 54.4. The summed E-state index contributed by atoms with van der Waals surface area (Å²) in [5, 5.41) is 0. The molecule has 0 aliphatic heterocycles. The Hall–Kier alpha value is -1.32. The van der Waals surface area contributed by atoms with Crippen LogP contribution in [0.15, 0.2) is 24.3 Å². The largest absolute Gasteiger partial charge is 0.494 e. The maximum Gasteiger partial charge on any atom is 0.232 e. The van der Waals surface area contributed by atoms with E-state index in [2.05, 4.69) is 4.72 Å². The van der Waals surface area contributed by atoms with Crippen LogP contribution < -0.4 is 13.8 Å². The number of hydrogen-bond acceptors (Lipinski definition) is 5. The topological polar surface area (TPSA) is 92.8 Å². The minimum atomic E-state index is -3.50. The maximum absolute atomic E-state index is 11.8. The van der Waals surface area contributed by atoms with E-state index in [4.69, 9.17) is 4.74 Å². The second-order valence-corrected chi connectivity index (χ2v) is 8.17. The molecular formula is C12H20N2O5S2. The van der Waals surface area contributed by atoms with Crippen LogP contribution in [0.1, 0.15) is 6.92 Å². The quantitative estimate of drug-likeness (QED) is 0.742. The zero-order chi connectivity index (χ0) is 16.1. The Labute approximate surface area is 126 Å². The molecule has 0 unspecified atom stereocenters. The van der Waals surface area contributed by atoms with E-state index < -0.39 is 20.0 Å². The summed E-state index contributed by atoms with van der Waals surface area (Å²) in [4.78, 5) is 0. The highest BCUT2D eigenvalue weighted by Gasteiger charge is 2.17. The molecule has 0 fully saturated rings. The van der Waals surface area contributed by atoms with E-state index in [0.29, 0.717) is 18.0 Å². The first kappa shape index (κ1) is 17.7. The number of hydrogen-bond donors (Lipinski definition) is 1. The van der Waals surface area contributed by atoms with Crippen LogP contribution in [-0.4, -0.2) is 49.0 Å². The van der Waals surface area contributed by atoms with Crippen molar-refractivity contribution in [3.05, 3.63) is 24.3 Å². The molecule has 1 rings (SSSR count). The number of sulfonamides is 2. The predicted octanol–water partition coefficient (Wildman–Crippen LogP) is 0.401. The van der Waals surface area contributed by atoms with Gasteiger partial charge in [-0.1, -0.05) is 0 Å². The molecule has 0 saturated carbocycles. The van der Waals surface area contributed by atoms with Crippen LogP contribution >= 0.6 is 0 Å². The highest BCUT2D eigenvalue weighted by atomic mass is 32.2. The van der Waals surface area contributed by atoms with Crippen LogP contribution in [0.3, 0.4) is 0 Å². The average Bonchev–Trinajstić information content (AvgIpc) is 2.34. The molecule has 0 radical (unpaired) electrons. The van der Waals surface area contributed by atoms with Gasteiger partial charge in [0.15, 0.2) is 0 Å². The fraction of sp³-hybridized carbons (Fsp3) is 0.500. The summed E-state index contributed by atoms with van der Waals surface area (Å²) in [6.45, 7) is 2.39. The molecule has 0 spiro atoms. The van der Waals surface area contributed by atoms with Gasteiger partial charge in [0.1, 0.15) is 5.75 Å². The summed E-state index contributed by atoms with van der Waals surface area (Å²) in [6.07, 6.45) is 2.10. The molecule has 1 aromatic carbocycles. The average molecular weight is 336 g/mol. The predicted molar refractivity (Wildman–Crippen MR) is 82.6 cm³/mol. The van der Waals surface area contributed by atoms with Gasteiger partial charge in [0.2, 0.25) is 20.0 Å². The normalized spacial score (nSPS) is 12.1. The van der Waals surface area contributed by atoms with Gasteiger partial charge in [-0.15, -0.1) is 0 Å². The number of rotatable bonds is 8. The van der Waals surface area contributed by atoms with E-state index in [0.717, 1.165) is 16.8 Å². The van der Waals surface area contributed by atoms with Crippen molar-refractivity contribution in [2.75, 3.05) is 36.5 Å². The van der Waals surface area contributed by atoms with Gasteiger partial charge in [0.05, 0.1) is 24.8 Å². The number of nitrogens with one attached hydrogen (secondary N) is 1. The van der Waals surface area contributed by atoms with Crippen molar-refractivity contribution in [3.63, 3.8) is 0 Å². The third-order valence-electron chi connectivity index (χ3n) is 2.52. The highest BCUT2D eigenvalue weighted by molar-refractivity contribution is 7.92. The molecule has 0 bridgehead atoms. The molecule has 21 heavy (non-hydrogen) atoms. The SMILES string of the molecule is CCOc1ccc(N(CCNS(C)(=O)=O)S(C)(=O)=O)cc1. The highest BCUT2D eigenvalue weighted by Crippen LogP contribution is 2.21. The lowest BCUT2D eigenvalue weighted by molar-refractivity contribution is 0.340.